The number of hydrogen-bond donors (Lipinski definition) is 3. The number of aromatic nitrogens is 4. The van der Waals surface area contributed by atoms with Gasteiger partial charge in [-0.3, -0.25) is 4.98 Å². The van der Waals surface area contributed by atoms with E-state index in [-0.39, 0.29) is 51.9 Å². The van der Waals surface area contributed by atoms with Crippen molar-refractivity contribution in [3.63, 3.8) is 0 Å². The lowest BCUT2D eigenvalue weighted by molar-refractivity contribution is 0.346. The second kappa shape index (κ2) is 18.4. The highest BCUT2D eigenvalue weighted by Gasteiger charge is 2.38. The van der Waals surface area contributed by atoms with Gasteiger partial charge in [0.25, 0.3) is 0 Å². The summed E-state index contributed by atoms with van der Waals surface area (Å²) in [6, 6.07) is 2.89. The van der Waals surface area contributed by atoms with Crippen molar-refractivity contribution in [3.8, 4) is 33.4 Å². The van der Waals surface area contributed by atoms with Crippen molar-refractivity contribution in [2.24, 2.45) is 0 Å². The standard InChI is InChI=1S/C47H31F15N6O4S2/c48-31-28(32(49)38(55)43(60)37(31)54)25-17-7-9-19(63-17)26(29-33(50)39(56)44(61)40(57)34(29)51)46-23(73(69,70)67-11-3-1-4-12-67)15-21(65-46)22-16-24(74(71,72)68-13-5-2-6-14-68)47(66-22)27(20-10-8-18(25)64-20)30-35(52)41(58)45(62)42(59)36(30)53/h7,9,15-16,63,65-66H,1-6,8,10-14H2. The Hall–Kier alpha value is -6.58. The number of nitrogens with one attached hydrogen (secondary N) is 3. The molecule has 7 heterocycles. The molecule has 4 aromatic heterocycles. The molecule has 0 amide bonds. The molecule has 3 aromatic carbocycles. The molecule has 0 saturated carbocycles. The van der Waals surface area contributed by atoms with Gasteiger partial charge in [0, 0.05) is 53.9 Å². The molecule has 0 atom stereocenters. The third-order valence-electron chi connectivity index (χ3n) is 13.3. The molecule has 3 aliphatic rings. The molecule has 0 radical (unpaired) electrons. The van der Waals surface area contributed by atoms with E-state index in [0.717, 1.165) is 32.9 Å². The molecule has 74 heavy (non-hydrogen) atoms. The number of H-pyrrole nitrogens is 3. The third-order valence-corrected chi connectivity index (χ3v) is 17.1. The Bertz CT molecular complexity index is 3860. The highest BCUT2D eigenvalue weighted by atomic mass is 32.2. The number of halogens is 15. The van der Waals surface area contributed by atoms with Gasteiger partial charge in [-0.1, -0.05) is 12.8 Å². The minimum atomic E-state index is -5.06. The fourth-order valence-electron chi connectivity index (χ4n) is 9.70. The zero-order valence-electron chi connectivity index (χ0n) is 37.3. The number of nitrogens with zero attached hydrogens (tertiary/aromatic N) is 3. The Kier molecular flexibility index (Phi) is 12.6. The summed E-state index contributed by atoms with van der Waals surface area (Å²) in [5, 5.41) is 0. The van der Waals surface area contributed by atoms with Gasteiger partial charge in [0.2, 0.25) is 37.5 Å². The average Bonchev–Trinajstić information content (AvgIpc) is 4.25. The van der Waals surface area contributed by atoms with Gasteiger partial charge in [-0.05, 0) is 62.8 Å². The predicted molar refractivity (Wildman–Crippen MR) is 235 cm³/mol. The van der Waals surface area contributed by atoms with Crippen LogP contribution in [0.5, 0.6) is 0 Å². The Morgan fingerprint density at radius 2 is 0.649 bits per heavy atom. The molecule has 0 spiro atoms. The summed E-state index contributed by atoms with van der Waals surface area (Å²) in [6.07, 6.45) is 0.368. The van der Waals surface area contributed by atoms with Crippen LogP contribution in [0.3, 0.4) is 0 Å². The lowest BCUT2D eigenvalue weighted by Crippen LogP contribution is -2.35. The molecule has 0 unspecified atom stereocenters. The molecule has 2 fully saturated rings. The van der Waals surface area contributed by atoms with Crippen LogP contribution in [0, 0.1) is 87.3 Å². The van der Waals surface area contributed by atoms with Crippen LogP contribution in [0.4, 0.5) is 65.9 Å². The van der Waals surface area contributed by atoms with Crippen LogP contribution in [-0.2, 0) is 32.9 Å². The molecule has 3 aliphatic heterocycles. The summed E-state index contributed by atoms with van der Waals surface area (Å²) < 4.78 is 295. The Balaban J connectivity index is 1.53. The van der Waals surface area contributed by atoms with E-state index in [1.165, 1.54) is 0 Å². The highest BCUT2D eigenvalue weighted by Crippen LogP contribution is 2.45. The number of sulfonamides is 2. The number of aryl methyl sites for hydroxylation is 2. The predicted octanol–water partition coefficient (Wildman–Crippen LogP) is 11.7. The van der Waals surface area contributed by atoms with Crippen molar-refractivity contribution in [1.82, 2.24) is 28.5 Å². The van der Waals surface area contributed by atoms with Crippen LogP contribution in [0.1, 0.15) is 49.9 Å². The summed E-state index contributed by atoms with van der Waals surface area (Å²) in [4.78, 5) is 9.59. The minimum absolute atomic E-state index is 0.207. The van der Waals surface area contributed by atoms with Gasteiger partial charge in [-0.15, -0.1) is 0 Å². The van der Waals surface area contributed by atoms with E-state index in [1.54, 1.807) is 0 Å². The lowest BCUT2D eigenvalue weighted by Gasteiger charge is -2.25. The molecule has 390 valence electrons. The van der Waals surface area contributed by atoms with Gasteiger partial charge in [0.05, 0.1) is 50.1 Å². The van der Waals surface area contributed by atoms with Crippen LogP contribution in [0.2, 0.25) is 0 Å². The topological polar surface area (TPSA) is 135 Å². The molecule has 8 bridgehead atoms. The largest absolute Gasteiger partial charge is 0.354 e. The van der Waals surface area contributed by atoms with Gasteiger partial charge < -0.3 is 15.0 Å². The first-order chi connectivity index (χ1) is 35.0. The maximum absolute atomic E-state index is 16.4. The maximum atomic E-state index is 16.4. The number of hydrogen-bond acceptors (Lipinski definition) is 5. The summed E-state index contributed by atoms with van der Waals surface area (Å²) in [6.45, 7) is -0.832. The van der Waals surface area contributed by atoms with E-state index >= 15 is 52.7 Å². The fraction of sp³-hybridized carbons (Fsp3) is 0.255. The number of fused-ring (bicyclic) bond motifs is 9. The number of aromatic amines is 3. The molecule has 10 rings (SSSR count). The molecule has 27 heteroatoms. The molecular formula is C47H31F15N6O4S2. The summed E-state index contributed by atoms with van der Waals surface area (Å²) >= 11 is 0. The molecule has 3 N–H and O–H groups in total. The van der Waals surface area contributed by atoms with Crippen molar-refractivity contribution in [1.29, 1.82) is 0 Å². The molecule has 2 saturated heterocycles. The highest BCUT2D eigenvalue weighted by molar-refractivity contribution is 7.89. The first-order valence-corrected chi connectivity index (χ1v) is 25.1. The average molecular weight is 1090 g/mol. The second-order valence-electron chi connectivity index (χ2n) is 17.5. The molecule has 10 nitrogen and oxygen atoms in total. The zero-order chi connectivity index (χ0) is 53.2. The van der Waals surface area contributed by atoms with E-state index in [9.17, 15) is 30.0 Å². The van der Waals surface area contributed by atoms with Crippen molar-refractivity contribution >= 4 is 53.1 Å². The first-order valence-electron chi connectivity index (χ1n) is 22.3. The number of piperidine rings is 2. The monoisotopic (exact) mass is 1090 g/mol. The van der Waals surface area contributed by atoms with E-state index < -0.39 is 208 Å². The van der Waals surface area contributed by atoms with Crippen LogP contribution < -0.4 is 0 Å². The van der Waals surface area contributed by atoms with Crippen LogP contribution in [0.25, 0.3) is 66.5 Å². The second-order valence-corrected chi connectivity index (χ2v) is 21.3. The van der Waals surface area contributed by atoms with Crippen molar-refractivity contribution < 1.29 is 82.7 Å². The molecule has 0 aliphatic carbocycles. The van der Waals surface area contributed by atoms with E-state index in [0.29, 0.717) is 12.8 Å². The van der Waals surface area contributed by atoms with E-state index in [4.69, 9.17) is 0 Å². The Morgan fingerprint density at radius 1 is 0.351 bits per heavy atom. The Morgan fingerprint density at radius 3 is 1.03 bits per heavy atom. The van der Waals surface area contributed by atoms with Gasteiger partial charge in [0.1, 0.15) is 9.79 Å². The Labute approximate surface area is 406 Å². The van der Waals surface area contributed by atoms with Crippen molar-refractivity contribution in [2.75, 3.05) is 26.2 Å². The summed E-state index contributed by atoms with van der Waals surface area (Å²) in [7, 11) is -10.1. The minimum Gasteiger partial charge on any atom is -0.354 e. The summed E-state index contributed by atoms with van der Waals surface area (Å²) in [5.74, 6) is -39.0. The normalized spacial score (nSPS) is 15.8. The quantitative estimate of drug-likeness (QED) is 0.0830. The lowest BCUT2D eigenvalue weighted by atomic mass is 9.98. The van der Waals surface area contributed by atoms with Crippen LogP contribution in [-0.4, -0.2) is 71.6 Å². The third kappa shape index (κ3) is 7.73. The van der Waals surface area contributed by atoms with Crippen LogP contribution >= 0.6 is 0 Å². The van der Waals surface area contributed by atoms with Gasteiger partial charge in [-0.2, -0.15) is 8.61 Å². The first kappa shape index (κ1) is 50.9. The zero-order valence-corrected chi connectivity index (χ0v) is 38.9. The number of rotatable bonds is 7. The fourth-order valence-corrected chi connectivity index (χ4v) is 13.1. The van der Waals surface area contributed by atoms with Gasteiger partial charge in [-0.25, -0.2) is 82.7 Å². The number of benzene rings is 3. The van der Waals surface area contributed by atoms with Crippen molar-refractivity contribution in [2.45, 2.75) is 61.2 Å². The van der Waals surface area contributed by atoms with Crippen molar-refractivity contribution in [3.05, 3.63) is 123 Å². The molecular weight excluding hydrogens is 1060 g/mol. The van der Waals surface area contributed by atoms with Gasteiger partial charge in [0.15, 0.2) is 69.8 Å². The molecule has 7 aromatic rings. The van der Waals surface area contributed by atoms with E-state index in [1.807, 2.05) is 0 Å². The van der Waals surface area contributed by atoms with Crippen LogP contribution in [0.15, 0.2) is 34.1 Å². The summed E-state index contributed by atoms with van der Waals surface area (Å²) in [5.41, 5.74) is -16.0. The maximum Gasteiger partial charge on any atom is 0.245 e. The van der Waals surface area contributed by atoms with E-state index in [2.05, 4.69) is 19.9 Å². The SMILES string of the molecule is O=S(=O)(c1cc2[nH]c1c(-c1c(F)c(F)c(F)c(F)c1F)c1nc(c(-c3c(F)c(F)c(F)c(F)c3F)c3ccc([nH]3)c(-c3c(F)c(F)c(F)c(F)c3F)c3[nH]c2cc3S(=O)(=O)N2CCCCC2)CC1)N1CCCCC1. The smallest absolute Gasteiger partial charge is 0.245 e. The van der Waals surface area contributed by atoms with Gasteiger partial charge >= 0.3 is 0 Å².